The molecule has 138 valence electrons. The Hall–Kier alpha value is -2.63. The molecule has 0 spiro atoms. The molecule has 1 aromatic carbocycles. The third kappa shape index (κ3) is 3.95. The van der Waals surface area contributed by atoms with E-state index in [2.05, 4.69) is 57.1 Å². The van der Waals surface area contributed by atoms with E-state index in [1.165, 1.54) is 16.8 Å². The maximum atomic E-state index is 12.2. The Morgan fingerprint density at radius 2 is 1.77 bits per heavy atom. The Morgan fingerprint density at radius 3 is 2.46 bits per heavy atom. The van der Waals surface area contributed by atoms with Crippen molar-refractivity contribution >= 4 is 17.5 Å². The van der Waals surface area contributed by atoms with Gasteiger partial charge in [0.1, 0.15) is 5.69 Å². The van der Waals surface area contributed by atoms with Crippen molar-refractivity contribution in [2.75, 3.05) is 36.0 Å². The fourth-order valence-electron chi connectivity index (χ4n) is 3.19. The summed E-state index contributed by atoms with van der Waals surface area (Å²) in [6.45, 7) is 11.7. The molecule has 3 rings (SSSR count). The summed E-state index contributed by atoms with van der Waals surface area (Å²) in [4.78, 5) is 25.6. The Labute approximate surface area is 155 Å². The van der Waals surface area contributed by atoms with Crippen LogP contribution in [-0.2, 0) is 0 Å². The van der Waals surface area contributed by atoms with E-state index in [0.717, 1.165) is 26.2 Å². The van der Waals surface area contributed by atoms with E-state index < -0.39 is 0 Å². The largest absolute Gasteiger partial charge is 0.368 e. The quantitative estimate of drug-likeness (QED) is 0.915. The zero-order valence-electron chi connectivity index (χ0n) is 16.0. The van der Waals surface area contributed by atoms with E-state index in [9.17, 15) is 4.79 Å². The van der Waals surface area contributed by atoms with Gasteiger partial charge >= 0.3 is 0 Å². The lowest BCUT2D eigenvalue weighted by Gasteiger charge is -2.37. The highest BCUT2D eigenvalue weighted by atomic mass is 16.1. The number of aromatic nitrogens is 2. The van der Waals surface area contributed by atoms with Crippen LogP contribution in [0.1, 0.15) is 35.5 Å². The molecule has 1 aromatic heterocycles. The summed E-state index contributed by atoms with van der Waals surface area (Å²) in [6.07, 6.45) is 1.66. The number of aryl methyl sites for hydroxylation is 1. The summed E-state index contributed by atoms with van der Waals surface area (Å²) in [7, 11) is 0. The number of carbonyl (C=O) groups is 1. The first-order chi connectivity index (χ1) is 12.5. The molecule has 0 aliphatic carbocycles. The highest BCUT2D eigenvalue weighted by molar-refractivity contribution is 5.92. The topological polar surface area (TPSA) is 61.4 Å². The molecule has 1 fully saturated rings. The molecule has 1 N–H and O–H groups in total. The zero-order valence-corrected chi connectivity index (χ0v) is 16.0. The van der Waals surface area contributed by atoms with Crippen LogP contribution in [0, 0.1) is 13.8 Å². The van der Waals surface area contributed by atoms with Crippen molar-refractivity contribution in [3.8, 4) is 0 Å². The number of amides is 1. The lowest BCUT2D eigenvalue weighted by molar-refractivity contribution is 0.0938. The second kappa shape index (κ2) is 7.72. The highest BCUT2D eigenvalue weighted by Crippen LogP contribution is 2.24. The predicted octanol–water partition coefficient (Wildman–Crippen LogP) is 2.56. The first-order valence-electron chi connectivity index (χ1n) is 9.15. The summed E-state index contributed by atoms with van der Waals surface area (Å²) < 4.78 is 0. The molecule has 0 bridgehead atoms. The van der Waals surface area contributed by atoms with Crippen molar-refractivity contribution in [3.63, 3.8) is 0 Å². The van der Waals surface area contributed by atoms with Crippen LogP contribution in [-0.4, -0.2) is 48.1 Å². The molecule has 2 aromatic rings. The van der Waals surface area contributed by atoms with Crippen LogP contribution in [0.2, 0.25) is 0 Å². The van der Waals surface area contributed by atoms with Crippen molar-refractivity contribution in [2.24, 2.45) is 0 Å². The van der Waals surface area contributed by atoms with Gasteiger partial charge in [-0.2, -0.15) is 0 Å². The molecule has 0 saturated carbocycles. The standard InChI is InChI=1S/C20H27N5O/c1-14(2)22-19(26)17-8-9-21-20(23-17)25-12-10-24(11-13-25)18-7-5-6-15(3)16(18)4/h5-9,14H,10-13H2,1-4H3,(H,22,26). The minimum Gasteiger partial charge on any atom is -0.368 e. The average Bonchev–Trinajstić information content (AvgIpc) is 2.64. The van der Waals surface area contributed by atoms with Crippen molar-refractivity contribution in [1.29, 1.82) is 0 Å². The number of hydrogen-bond acceptors (Lipinski definition) is 5. The Bertz CT molecular complexity index is 782. The Balaban J connectivity index is 1.68. The van der Waals surface area contributed by atoms with Gasteiger partial charge < -0.3 is 15.1 Å². The number of nitrogens with one attached hydrogen (secondary N) is 1. The number of nitrogens with zero attached hydrogens (tertiary/aromatic N) is 4. The Morgan fingerprint density at radius 1 is 1.08 bits per heavy atom. The average molecular weight is 353 g/mol. The number of carbonyl (C=O) groups excluding carboxylic acids is 1. The van der Waals surface area contributed by atoms with E-state index in [1.807, 2.05) is 13.8 Å². The van der Waals surface area contributed by atoms with Gasteiger partial charge in [-0.05, 0) is 51.0 Å². The monoisotopic (exact) mass is 353 g/mol. The van der Waals surface area contributed by atoms with Gasteiger partial charge in [0.2, 0.25) is 5.95 Å². The first-order valence-corrected chi connectivity index (χ1v) is 9.15. The SMILES string of the molecule is Cc1cccc(N2CCN(c3nccc(C(=O)NC(C)C)n3)CC2)c1C. The van der Waals surface area contributed by atoms with Crippen molar-refractivity contribution in [2.45, 2.75) is 33.7 Å². The molecule has 0 unspecified atom stereocenters. The zero-order chi connectivity index (χ0) is 18.7. The number of benzene rings is 1. The van der Waals surface area contributed by atoms with Gasteiger partial charge in [-0.1, -0.05) is 12.1 Å². The van der Waals surface area contributed by atoms with Crippen LogP contribution in [0.4, 0.5) is 11.6 Å². The molecule has 26 heavy (non-hydrogen) atoms. The minimum absolute atomic E-state index is 0.0852. The molecule has 0 radical (unpaired) electrons. The van der Waals surface area contributed by atoms with Crippen LogP contribution in [0.15, 0.2) is 30.5 Å². The van der Waals surface area contributed by atoms with Crippen LogP contribution >= 0.6 is 0 Å². The van der Waals surface area contributed by atoms with E-state index in [1.54, 1.807) is 12.3 Å². The van der Waals surface area contributed by atoms with E-state index >= 15 is 0 Å². The molecular formula is C20H27N5O. The molecular weight excluding hydrogens is 326 g/mol. The summed E-state index contributed by atoms with van der Waals surface area (Å²) in [5, 5.41) is 2.87. The first kappa shape index (κ1) is 18.2. The van der Waals surface area contributed by atoms with Gasteiger partial charge in [-0.25, -0.2) is 9.97 Å². The third-order valence-corrected chi connectivity index (χ3v) is 4.77. The molecule has 6 heteroatoms. The van der Waals surface area contributed by atoms with Gasteiger partial charge in [0.05, 0.1) is 0 Å². The summed E-state index contributed by atoms with van der Waals surface area (Å²) in [5.74, 6) is 0.472. The number of rotatable bonds is 4. The molecule has 1 amide bonds. The maximum Gasteiger partial charge on any atom is 0.270 e. The van der Waals surface area contributed by atoms with Gasteiger partial charge in [0.15, 0.2) is 0 Å². The van der Waals surface area contributed by atoms with Gasteiger partial charge in [-0.15, -0.1) is 0 Å². The molecule has 2 heterocycles. The number of piperazine rings is 1. The van der Waals surface area contributed by atoms with Crippen LogP contribution in [0.3, 0.4) is 0 Å². The van der Waals surface area contributed by atoms with E-state index in [-0.39, 0.29) is 11.9 Å². The Kier molecular flexibility index (Phi) is 5.40. The normalized spacial score (nSPS) is 14.7. The van der Waals surface area contributed by atoms with Crippen molar-refractivity contribution < 1.29 is 4.79 Å². The molecule has 1 aliphatic rings. The van der Waals surface area contributed by atoms with Crippen molar-refractivity contribution in [3.05, 3.63) is 47.3 Å². The minimum atomic E-state index is -0.155. The summed E-state index contributed by atoms with van der Waals surface area (Å²) in [6, 6.07) is 8.20. The number of hydrogen-bond donors (Lipinski definition) is 1. The lowest BCUT2D eigenvalue weighted by atomic mass is 10.1. The molecule has 0 atom stereocenters. The smallest absolute Gasteiger partial charge is 0.270 e. The van der Waals surface area contributed by atoms with E-state index in [4.69, 9.17) is 0 Å². The highest BCUT2D eigenvalue weighted by Gasteiger charge is 2.21. The summed E-state index contributed by atoms with van der Waals surface area (Å²) >= 11 is 0. The maximum absolute atomic E-state index is 12.2. The van der Waals surface area contributed by atoms with Crippen molar-refractivity contribution in [1.82, 2.24) is 15.3 Å². The molecule has 6 nitrogen and oxygen atoms in total. The lowest BCUT2D eigenvalue weighted by Crippen LogP contribution is -2.47. The van der Waals surface area contributed by atoms with Crippen LogP contribution in [0.25, 0.3) is 0 Å². The van der Waals surface area contributed by atoms with Crippen LogP contribution < -0.4 is 15.1 Å². The molecule has 1 saturated heterocycles. The second-order valence-corrected chi connectivity index (χ2v) is 7.06. The summed E-state index contributed by atoms with van der Waals surface area (Å²) in [5.41, 5.74) is 4.37. The van der Waals surface area contributed by atoms with Crippen LogP contribution in [0.5, 0.6) is 0 Å². The second-order valence-electron chi connectivity index (χ2n) is 7.06. The van der Waals surface area contributed by atoms with Gasteiger partial charge in [0.25, 0.3) is 5.91 Å². The third-order valence-electron chi connectivity index (χ3n) is 4.77. The van der Waals surface area contributed by atoms with Gasteiger partial charge in [0, 0.05) is 44.1 Å². The fraction of sp³-hybridized carbons (Fsp3) is 0.450. The van der Waals surface area contributed by atoms with Gasteiger partial charge in [-0.3, -0.25) is 4.79 Å². The predicted molar refractivity (Wildman–Crippen MR) is 105 cm³/mol. The van der Waals surface area contributed by atoms with E-state index in [0.29, 0.717) is 11.6 Å². The fourth-order valence-corrected chi connectivity index (χ4v) is 3.19. The number of anilines is 2. The molecule has 1 aliphatic heterocycles.